The van der Waals surface area contributed by atoms with Crippen LogP contribution in [-0.2, 0) is 0 Å². The van der Waals surface area contributed by atoms with E-state index in [0.29, 0.717) is 10.8 Å². The van der Waals surface area contributed by atoms with Crippen LogP contribution in [0.5, 0.6) is 11.6 Å². The molecule has 0 bridgehead atoms. The summed E-state index contributed by atoms with van der Waals surface area (Å²) in [6, 6.07) is 7.51. The topological polar surface area (TPSA) is 88.0 Å². The molecule has 2 aromatic rings. The van der Waals surface area contributed by atoms with E-state index in [0.717, 1.165) is 0 Å². The third-order valence-electron chi connectivity index (χ3n) is 2.23. The number of aromatic nitrogens is 1. The molecule has 1 aromatic heterocycles. The van der Waals surface area contributed by atoms with Gasteiger partial charge in [-0.2, -0.15) is 0 Å². The van der Waals surface area contributed by atoms with Crippen molar-refractivity contribution in [3.8, 4) is 11.6 Å². The summed E-state index contributed by atoms with van der Waals surface area (Å²) in [7, 11) is 0. The first kappa shape index (κ1) is 14.1. The fraction of sp³-hybridized carbons (Fsp3) is 0. The highest BCUT2D eigenvalue weighted by atomic mass is 35.5. The first-order chi connectivity index (χ1) is 9.60. The van der Waals surface area contributed by atoms with Gasteiger partial charge in [-0.1, -0.05) is 23.2 Å². The zero-order valence-electron chi connectivity index (χ0n) is 9.83. The lowest BCUT2D eigenvalue weighted by molar-refractivity contribution is 0.100. The monoisotopic (exact) mass is 308 g/mol. The standard InChI is InChI=1S/C12H6Cl2N4O2/c13-8-5-10(14)12(16-6-8)20-9-3-1-7(2-4-9)11(19)17-18-15/h1-6H. The van der Waals surface area contributed by atoms with Crippen LogP contribution >= 0.6 is 23.2 Å². The summed E-state index contributed by atoms with van der Waals surface area (Å²) in [6.45, 7) is 0. The number of pyridine rings is 1. The Labute approximate surface area is 123 Å². The Morgan fingerprint density at radius 3 is 2.60 bits per heavy atom. The van der Waals surface area contributed by atoms with Crippen molar-refractivity contribution in [3.63, 3.8) is 0 Å². The molecule has 1 heterocycles. The number of azide groups is 1. The van der Waals surface area contributed by atoms with Crippen LogP contribution in [0.25, 0.3) is 10.4 Å². The fourth-order valence-electron chi connectivity index (χ4n) is 1.35. The van der Waals surface area contributed by atoms with Gasteiger partial charge < -0.3 is 4.74 Å². The second kappa shape index (κ2) is 6.25. The molecule has 0 aliphatic carbocycles. The van der Waals surface area contributed by atoms with Gasteiger partial charge in [0.15, 0.2) is 0 Å². The lowest BCUT2D eigenvalue weighted by atomic mass is 10.2. The van der Waals surface area contributed by atoms with Gasteiger partial charge in [0.2, 0.25) is 11.8 Å². The number of rotatable bonds is 3. The van der Waals surface area contributed by atoms with Crippen molar-refractivity contribution in [2.75, 3.05) is 0 Å². The maximum Gasteiger partial charge on any atom is 0.249 e. The summed E-state index contributed by atoms with van der Waals surface area (Å²) in [4.78, 5) is 17.7. The Bertz CT molecular complexity index is 697. The summed E-state index contributed by atoms with van der Waals surface area (Å²) in [5.74, 6) is -0.0360. The Kier molecular flexibility index (Phi) is 4.42. The Hall–Kier alpha value is -2.27. The van der Waals surface area contributed by atoms with Gasteiger partial charge in [0.05, 0.1) is 5.02 Å². The van der Waals surface area contributed by atoms with Gasteiger partial charge >= 0.3 is 0 Å². The molecule has 0 N–H and O–H groups in total. The third-order valence-corrected chi connectivity index (χ3v) is 2.70. The average Bonchev–Trinajstić information content (AvgIpc) is 2.43. The predicted molar refractivity (Wildman–Crippen MR) is 74.2 cm³/mol. The summed E-state index contributed by atoms with van der Waals surface area (Å²) < 4.78 is 5.44. The number of carbonyl (C=O) groups is 1. The quantitative estimate of drug-likeness (QED) is 0.470. The van der Waals surface area contributed by atoms with Crippen molar-refractivity contribution in [1.29, 1.82) is 0 Å². The van der Waals surface area contributed by atoms with E-state index >= 15 is 0 Å². The smallest absolute Gasteiger partial charge is 0.249 e. The summed E-state index contributed by atoms with van der Waals surface area (Å²) in [6.07, 6.45) is 1.41. The van der Waals surface area contributed by atoms with Crippen molar-refractivity contribution < 1.29 is 9.53 Å². The maximum absolute atomic E-state index is 11.3. The Morgan fingerprint density at radius 2 is 2.00 bits per heavy atom. The molecule has 0 unspecified atom stereocenters. The van der Waals surface area contributed by atoms with Crippen LogP contribution in [0.2, 0.25) is 10.0 Å². The molecule has 0 saturated heterocycles. The van der Waals surface area contributed by atoms with Crippen molar-refractivity contribution in [3.05, 3.63) is 62.6 Å². The number of amides is 1. The highest BCUT2D eigenvalue weighted by Crippen LogP contribution is 2.29. The van der Waals surface area contributed by atoms with E-state index in [9.17, 15) is 4.79 Å². The first-order valence-electron chi connectivity index (χ1n) is 5.28. The third kappa shape index (κ3) is 3.39. The molecular formula is C12H6Cl2N4O2. The number of hydrogen-bond donors (Lipinski definition) is 0. The Balaban J connectivity index is 2.18. The number of halogens is 2. The van der Waals surface area contributed by atoms with Crippen LogP contribution in [0.4, 0.5) is 0 Å². The number of benzene rings is 1. The molecule has 100 valence electrons. The molecule has 6 nitrogen and oxygen atoms in total. The van der Waals surface area contributed by atoms with Gasteiger partial charge in [-0.15, -0.1) is 0 Å². The molecular weight excluding hydrogens is 303 g/mol. The normalized spacial score (nSPS) is 9.70. The Morgan fingerprint density at radius 1 is 1.30 bits per heavy atom. The minimum absolute atomic E-state index is 0.199. The van der Waals surface area contributed by atoms with Gasteiger partial charge in [0.25, 0.3) is 0 Å². The van der Waals surface area contributed by atoms with Gasteiger partial charge in [-0.05, 0) is 41.0 Å². The van der Waals surface area contributed by atoms with Crippen LogP contribution in [0.3, 0.4) is 0 Å². The number of nitrogens with zero attached hydrogens (tertiary/aromatic N) is 4. The van der Waals surface area contributed by atoms with E-state index in [1.807, 2.05) is 0 Å². The van der Waals surface area contributed by atoms with E-state index in [1.54, 1.807) is 0 Å². The van der Waals surface area contributed by atoms with Crippen LogP contribution in [0, 0.1) is 0 Å². The fourth-order valence-corrected chi connectivity index (χ4v) is 1.77. The second-order valence-electron chi connectivity index (χ2n) is 3.56. The molecule has 1 amide bonds. The molecule has 0 saturated carbocycles. The molecule has 0 fully saturated rings. The molecule has 0 atom stereocenters. The van der Waals surface area contributed by atoms with Crippen LogP contribution < -0.4 is 4.74 Å². The van der Waals surface area contributed by atoms with Crippen LogP contribution in [0.1, 0.15) is 10.4 Å². The minimum atomic E-state index is -0.665. The van der Waals surface area contributed by atoms with E-state index in [1.165, 1.54) is 36.5 Å². The van der Waals surface area contributed by atoms with Gasteiger partial charge in [0.1, 0.15) is 10.8 Å². The molecule has 0 radical (unpaired) electrons. The predicted octanol–water partition coefficient (Wildman–Crippen LogP) is 4.63. The highest BCUT2D eigenvalue weighted by molar-refractivity contribution is 6.35. The summed E-state index contributed by atoms with van der Waals surface area (Å²) in [5.41, 5.74) is 8.43. The molecule has 8 heteroatoms. The molecule has 0 spiro atoms. The van der Waals surface area contributed by atoms with Crippen molar-refractivity contribution >= 4 is 29.1 Å². The SMILES string of the molecule is [N-]=[N+]=NC(=O)c1ccc(Oc2ncc(Cl)cc2Cl)cc1. The first-order valence-corrected chi connectivity index (χ1v) is 6.04. The largest absolute Gasteiger partial charge is 0.438 e. The lowest BCUT2D eigenvalue weighted by Crippen LogP contribution is -1.94. The maximum atomic E-state index is 11.3. The lowest BCUT2D eigenvalue weighted by Gasteiger charge is -2.06. The molecule has 0 aliphatic rings. The van der Waals surface area contributed by atoms with Crippen LogP contribution in [0.15, 0.2) is 41.6 Å². The van der Waals surface area contributed by atoms with Gasteiger partial charge in [-0.25, -0.2) is 4.98 Å². The summed E-state index contributed by atoms with van der Waals surface area (Å²) >= 11 is 11.6. The highest BCUT2D eigenvalue weighted by Gasteiger charge is 2.07. The van der Waals surface area contributed by atoms with Crippen molar-refractivity contribution in [2.45, 2.75) is 0 Å². The van der Waals surface area contributed by atoms with Crippen molar-refractivity contribution in [2.24, 2.45) is 5.11 Å². The van der Waals surface area contributed by atoms with E-state index in [4.69, 9.17) is 33.5 Å². The number of ether oxygens (including phenoxy) is 1. The van der Waals surface area contributed by atoms with E-state index in [2.05, 4.69) is 15.0 Å². The minimum Gasteiger partial charge on any atom is -0.438 e. The molecule has 1 aromatic carbocycles. The zero-order chi connectivity index (χ0) is 14.5. The van der Waals surface area contributed by atoms with Crippen molar-refractivity contribution in [1.82, 2.24) is 4.98 Å². The number of carbonyl (C=O) groups excluding carboxylic acids is 1. The molecule has 20 heavy (non-hydrogen) atoms. The number of hydrogen-bond acceptors (Lipinski definition) is 3. The van der Waals surface area contributed by atoms with Gasteiger partial charge in [-0.3, -0.25) is 4.79 Å². The molecule has 2 rings (SSSR count). The average molecular weight is 309 g/mol. The molecule has 0 aliphatic heterocycles. The van der Waals surface area contributed by atoms with E-state index < -0.39 is 5.91 Å². The van der Waals surface area contributed by atoms with Gasteiger partial charge in [0, 0.05) is 16.7 Å². The second-order valence-corrected chi connectivity index (χ2v) is 4.41. The van der Waals surface area contributed by atoms with Crippen LogP contribution in [-0.4, -0.2) is 10.9 Å². The van der Waals surface area contributed by atoms with E-state index in [-0.39, 0.29) is 16.5 Å². The zero-order valence-corrected chi connectivity index (χ0v) is 11.3. The summed E-state index contributed by atoms with van der Waals surface area (Å²) in [5, 5.41) is 3.66.